The molecule has 5 heteroatoms. The zero-order valence-electron chi connectivity index (χ0n) is 12.0. The molecule has 1 fully saturated rings. The Morgan fingerprint density at radius 1 is 1.14 bits per heavy atom. The van der Waals surface area contributed by atoms with Crippen LogP contribution >= 0.6 is 0 Å². The summed E-state index contributed by atoms with van der Waals surface area (Å²) in [5.74, 6) is -0.930. The number of imide groups is 1. The number of hydrogen-bond donors (Lipinski definition) is 1. The van der Waals surface area contributed by atoms with Crippen molar-refractivity contribution < 1.29 is 14.0 Å². The number of nitrogens with one attached hydrogen (secondary N) is 1. The minimum Gasteiger partial charge on any atom is -0.373 e. The molecule has 3 rings (SSSR count). The number of carbonyl (C=O) groups excluding carboxylic acids is 2. The predicted octanol–water partition coefficient (Wildman–Crippen LogP) is 2.88. The minimum absolute atomic E-state index is 0.0588. The monoisotopic (exact) mass is 298 g/mol. The van der Waals surface area contributed by atoms with Gasteiger partial charge in [0.1, 0.15) is 11.9 Å². The Balaban J connectivity index is 1.80. The molecule has 112 valence electrons. The Hall–Kier alpha value is -2.69. The predicted molar refractivity (Wildman–Crippen MR) is 82.1 cm³/mol. The molecule has 0 aliphatic carbocycles. The molecule has 4 nitrogen and oxygen atoms in total. The summed E-state index contributed by atoms with van der Waals surface area (Å²) in [6.45, 7) is 1.67. The second kappa shape index (κ2) is 5.60. The Labute approximate surface area is 127 Å². The maximum atomic E-state index is 13.6. The van der Waals surface area contributed by atoms with E-state index in [4.69, 9.17) is 0 Å². The van der Waals surface area contributed by atoms with Crippen LogP contribution in [0.1, 0.15) is 12.0 Å². The van der Waals surface area contributed by atoms with E-state index in [2.05, 4.69) is 5.32 Å². The van der Waals surface area contributed by atoms with Crippen molar-refractivity contribution in [2.24, 2.45) is 0 Å². The third-order valence-electron chi connectivity index (χ3n) is 3.67. The van der Waals surface area contributed by atoms with Crippen molar-refractivity contribution in [3.8, 4) is 0 Å². The van der Waals surface area contributed by atoms with E-state index in [1.54, 1.807) is 43.3 Å². The molecule has 0 spiro atoms. The fourth-order valence-corrected chi connectivity index (χ4v) is 2.48. The van der Waals surface area contributed by atoms with Crippen LogP contribution in [0, 0.1) is 12.7 Å². The van der Waals surface area contributed by atoms with Gasteiger partial charge < -0.3 is 5.32 Å². The van der Waals surface area contributed by atoms with Crippen molar-refractivity contribution in [3.05, 3.63) is 59.9 Å². The van der Waals surface area contributed by atoms with Crippen LogP contribution in [0.5, 0.6) is 0 Å². The number of nitrogens with zero attached hydrogens (tertiary/aromatic N) is 1. The summed E-state index contributed by atoms with van der Waals surface area (Å²) in [7, 11) is 0. The van der Waals surface area contributed by atoms with Crippen molar-refractivity contribution in [3.63, 3.8) is 0 Å². The van der Waals surface area contributed by atoms with Crippen LogP contribution in [0.2, 0.25) is 0 Å². The average Bonchev–Trinajstić information content (AvgIpc) is 2.78. The van der Waals surface area contributed by atoms with Gasteiger partial charge in [-0.3, -0.25) is 9.59 Å². The molecule has 0 radical (unpaired) electrons. The van der Waals surface area contributed by atoms with E-state index in [0.29, 0.717) is 16.9 Å². The number of amides is 2. The molecular weight excluding hydrogens is 283 g/mol. The highest BCUT2D eigenvalue weighted by molar-refractivity contribution is 6.23. The third kappa shape index (κ3) is 2.57. The van der Waals surface area contributed by atoms with E-state index in [0.717, 1.165) is 0 Å². The molecule has 2 aromatic carbocycles. The maximum absolute atomic E-state index is 13.6. The van der Waals surface area contributed by atoms with Crippen molar-refractivity contribution in [1.82, 2.24) is 0 Å². The highest BCUT2D eigenvalue weighted by Crippen LogP contribution is 2.25. The number of hydrogen-bond acceptors (Lipinski definition) is 3. The van der Waals surface area contributed by atoms with E-state index in [9.17, 15) is 14.0 Å². The molecule has 1 N–H and O–H groups in total. The van der Waals surface area contributed by atoms with Gasteiger partial charge in [0.15, 0.2) is 0 Å². The quantitative estimate of drug-likeness (QED) is 0.886. The molecule has 2 aromatic rings. The zero-order chi connectivity index (χ0) is 15.7. The van der Waals surface area contributed by atoms with Gasteiger partial charge in [0.25, 0.3) is 5.91 Å². The lowest BCUT2D eigenvalue weighted by Crippen LogP contribution is -2.34. The van der Waals surface area contributed by atoms with Gasteiger partial charge in [0, 0.05) is 5.69 Å². The summed E-state index contributed by atoms with van der Waals surface area (Å²) in [6.07, 6.45) is 0.0588. The largest absolute Gasteiger partial charge is 0.373 e. The minimum atomic E-state index is -0.671. The van der Waals surface area contributed by atoms with Crippen LogP contribution < -0.4 is 10.2 Å². The van der Waals surface area contributed by atoms with Gasteiger partial charge >= 0.3 is 0 Å². The number of halogens is 1. The van der Waals surface area contributed by atoms with Gasteiger partial charge in [-0.1, -0.05) is 24.3 Å². The highest BCUT2D eigenvalue weighted by Gasteiger charge is 2.39. The first-order valence-corrected chi connectivity index (χ1v) is 7.01. The molecule has 0 unspecified atom stereocenters. The second-order valence-electron chi connectivity index (χ2n) is 5.27. The molecule has 22 heavy (non-hydrogen) atoms. The first-order valence-electron chi connectivity index (χ1n) is 7.01. The molecule has 1 heterocycles. The van der Waals surface area contributed by atoms with Crippen molar-refractivity contribution in [2.45, 2.75) is 19.4 Å². The number of aryl methyl sites for hydroxylation is 1. The molecule has 2 amide bonds. The summed E-state index contributed by atoms with van der Waals surface area (Å²) < 4.78 is 13.6. The SMILES string of the molecule is Cc1ccc(N[C@@H]2CC(=O)N(c3ccccc3)C2=O)cc1F. The topological polar surface area (TPSA) is 49.4 Å². The first kappa shape index (κ1) is 14.3. The highest BCUT2D eigenvalue weighted by atomic mass is 19.1. The molecule has 0 bridgehead atoms. The van der Waals surface area contributed by atoms with Crippen LogP contribution in [0.3, 0.4) is 0 Å². The summed E-state index contributed by atoms with van der Waals surface area (Å²) >= 11 is 0. The van der Waals surface area contributed by atoms with Crippen molar-refractivity contribution in [1.29, 1.82) is 0 Å². The molecule has 1 saturated heterocycles. The first-order chi connectivity index (χ1) is 10.6. The van der Waals surface area contributed by atoms with Gasteiger partial charge in [0.05, 0.1) is 12.1 Å². The molecule has 0 aromatic heterocycles. The lowest BCUT2D eigenvalue weighted by Gasteiger charge is -2.16. The van der Waals surface area contributed by atoms with Crippen LogP contribution in [0.4, 0.5) is 15.8 Å². The fraction of sp³-hybridized carbons (Fsp3) is 0.176. The smallest absolute Gasteiger partial charge is 0.256 e. The Morgan fingerprint density at radius 2 is 1.86 bits per heavy atom. The Kier molecular flexibility index (Phi) is 3.63. The van der Waals surface area contributed by atoms with E-state index in [-0.39, 0.29) is 24.1 Å². The number of anilines is 2. The van der Waals surface area contributed by atoms with E-state index in [1.165, 1.54) is 11.0 Å². The average molecular weight is 298 g/mol. The van der Waals surface area contributed by atoms with Crippen molar-refractivity contribution in [2.75, 3.05) is 10.2 Å². The molecule has 1 aliphatic rings. The summed E-state index contributed by atoms with van der Waals surface area (Å²) in [5.41, 5.74) is 1.58. The molecular formula is C17H15FN2O2. The van der Waals surface area contributed by atoms with Crippen molar-refractivity contribution >= 4 is 23.2 Å². The summed E-state index contributed by atoms with van der Waals surface area (Å²) in [6, 6.07) is 12.8. The van der Waals surface area contributed by atoms with Gasteiger partial charge in [-0.15, -0.1) is 0 Å². The lowest BCUT2D eigenvalue weighted by molar-refractivity contribution is -0.121. The zero-order valence-corrected chi connectivity index (χ0v) is 12.0. The fourth-order valence-electron chi connectivity index (χ4n) is 2.48. The number of rotatable bonds is 3. The maximum Gasteiger partial charge on any atom is 0.256 e. The van der Waals surface area contributed by atoms with Gasteiger partial charge in [-0.25, -0.2) is 9.29 Å². The van der Waals surface area contributed by atoms with Gasteiger partial charge in [-0.05, 0) is 36.8 Å². The summed E-state index contributed by atoms with van der Waals surface area (Å²) in [5, 5.41) is 2.94. The number of benzene rings is 2. The molecule has 1 aliphatic heterocycles. The Bertz CT molecular complexity index is 731. The van der Waals surface area contributed by atoms with Gasteiger partial charge in [0.2, 0.25) is 5.91 Å². The third-order valence-corrected chi connectivity index (χ3v) is 3.67. The second-order valence-corrected chi connectivity index (χ2v) is 5.27. The lowest BCUT2D eigenvalue weighted by atomic mass is 10.2. The summed E-state index contributed by atoms with van der Waals surface area (Å²) in [4.78, 5) is 25.7. The van der Waals surface area contributed by atoms with E-state index >= 15 is 0 Å². The van der Waals surface area contributed by atoms with E-state index in [1.807, 2.05) is 6.07 Å². The van der Waals surface area contributed by atoms with Gasteiger partial charge in [-0.2, -0.15) is 0 Å². The van der Waals surface area contributed by atoms with Crippen LogP contribution in [-0.2, 0) is 9.59 Å². The van der Waals surface area contributed by atoms with Crippen LogP contribution in [0.25, 0.3) is 0 Å². The molecule has 1 atom stereocenters. The van der Waals surface area contributed by atoms with E-state index < -0.39 is 6.04 Å². The molecule has 0 saturated carbocycles. The standard InChI is InChI=1S/C17H15FN2O2/c1-11-7-8-12(9-14(11)18)19-15-10-16(21)20(17(15)22)13-5-3-2-4-6-13/h2-9,15,19H,10H2,1H3/t15-/m1/s1. The normalized spacial score (nSPS) is 17.9. The van der Waals surface area contributed by atoms with Crippen LogP contribution in [0.15, 0.2) is 48.5 Å². The van der Waals surface area contributed by atoms with Crippen LogP contribution in [-0.4, -0.2) is 17.9 Å². The number of para-hydroxylation sites is 1. The number of carbonyl (C=O) groups is 2. The Morgan fingerprint density at radius 3 is 2.55 bits per heavy atom.